The molecule has 3 heteroatoms. The van der Waals surface area contributed by atoms with Crippen molar-refractivity contribution in [1.29, 1.82) is 0 Å². The molecule has 54 valence electrons. The Balaban J connectivity index is 2.69. The summed E-state index contributed by atoms with van der Waals surface area (Å²) in [6.45, 7) is 2.64. The molecule has 0 saturated carbocycles. The van der Waals surface area contributed by atoms with E-state index in [9.17, 15) is 0 Å². The van der Waals surface area contributed by atoms with Gasteiger partial charge in [-0.1, -0.05) is 4.68 Å². The van der Waals surface area contributed by atoms with E-state index in [1.807, 2.05) is 19.1 Å². The van der Waals surface area contributed by atoms with E-state index in [0.29, 0.717) is 6.61 Å². The molecule has 0 radical (unpaired) electrons. The van der Waals surface area contributed by atoms with Gasteiger partial charge in [-0.25, -0.2) is 5.84 Å². The molecule has 1 rings (SSSR count). The summed E-state index contributed by atoms with van der Waals surface area (Å²) in [5, 5.41) is 0. The summed E-state index contributed by atoms with van der Waals surface area (Å²) in [7, 11) is 0. The molecular weight excluding hydrogens is 128 g/mol. The predicted octanol–water partition coefficient (Wildman–Crippen LogP) is 0.0866. The van der Waals surface area contributed by atoms with Gasteiger partial charge in [0.15, 0.2) is 0 Å². The zero-order valence-electron chi connectivity index (χ0n) is 5.95. The van der Waals surface area contributed by atoms with E-state index in [1.54, 1.807) is 12.4 Å². The first-order valence-corrected chi connectivity index (χ1v) is 3.22. The number of ether oxygens (including phenoxy) is 1. The maximum atomic E-state index is 5.38. The molecule has 0 atom stereocenters. The van der Waals surface area contributed by atoms with Crippen molar-refractivity contribution in [1.82, 2.24) is 0 Å². The van der Waals surface area contributed by atoms with Gasteiger partial charge in [-0.05, 0) is 6.92 Å². The van der Waals surface area contributed by atoms with Crippen LogP contribution in [0.15, 0.2) is 24.5 Å². The van der Waals surface area contributed by atoms with Crippen LogP contribution >= 0.6 is 0 Å². The average Bonchev–Trinajstić information content (AvgIpc) is 1.95. The number of nitrogens with two attached hydrogens (primary N) is 1. The van der Waals surface area contributed by atoms with Crippen LogP contribution in [-0.4, -0.2) is 6.61 Å². The molecule has 0 fully saturated rings. The third-order valence-corrected chi connectivity index (χ3v) is 1.13. The second kappa shape index (κ2) is 3.06. The number of hydrogen-bond acceptors (Lipinski definition) is 2. The molecule has 1 heterocycles. The molecule has 0 saturated heterocycles. The van der Waals surface area contributed by atoms with Crippen molar-refractivity contribution < 1.29 is 9.41 Å². The Labute approximate surface area is 60.0 Å². The molecule has 10 heavy (non-hydrogen) atoms. The van der Waals surface area contributed by atoms with Crippen LogP contribution in [-0.2, 0) is 0 Å². The van der Waals surface area contributed by atoms with Gasteiger partial charge in [0.1, 0.15) is 5.75 Å². The summed E-state index contributed by atoms with van der Waals surface area (Å²) >= 11 is 0. The third kappa shape index (κ3) is 1.62. The number of aromatic nitrogens is 1. The first kappa shape index (κ1) is 6.86. The van der Waals surface area contributed by atoms with Crippen molar-refractivity contribution in [2.45, 2.75) is 6.92 Å². The van der Waals surface area contributed by atoms with Crippen LogP contribution in [0.25, 0.3) is 0 Å². The van der Waals surface area contributed by atoms with E-state index in [-0.39, 0.29) is 0 Å². The standard InChI is InChI=1S/C7H11N2O/c1-2-10-7-3-5-9(8)6-4-7/h3-6H,2,8H2,1H3/q+1. The molecule has 0 aliphatic rings. The lowest BCUT2D eigenvalue weighted by Crippen LogP contribution is -2.43. The van der Waals surface area contributed by atoms with Gasteiger partial charge in [-0.15, -0.1) is 0 Å². The van der Waals surface area contributed by atoms with Gasteiger partial charge in [0, 0.05) is 12.1 Å². The molecule has 0 bridgehead atoms. The average molecular weight is 139 g/mol. The smallest absolute Gasteiger partial charge is 0.202 e. The Morgan fingerprint density at radius 1 is 1.50 bits per heavy atom. The fraction of sp³-hybridized carbons (Fsp3) is 0.286. The fourth-order valence-electron chi connectivity index (χ4n) is 0.687. The summed E-state index contributed by atoms with van der Waals surface area (Å²) in [5.41, 5.74) is 0. The molecule has 0 unspecified atom stereocenters. The normalized spacial score (nSPS) is 9.30. The van der Waals surface area contributed by atoms with E-state index in [1.165, 1.54) is 4.68 Å². The van der Waals surface area contributed by atoms with Crippen LogP contribution < -0.4 is 15.3 Å². The van der Waals surface area contributed by atoms with E-state index in [0.717, 1.165) is 5.75 Å². The SMILES string of the molecule is CCOc1cc[n+](N)cc1. The lowest BCUT2D eigenvalue weighted by Gasteiger charge is -1.98. The zero-order chi connectivity index (χ0) is 7.40. The number of hydrogen-bond donors (Lipinski definition) is 1. The van der Waals surface area contributed by atoms with Crippen LogP contribution in [0.3, 0.4) is 0 Å². The minimum absolute atomic E-state index is 0.689. The lowest BCUT2D eigenvalue weighted by molar-refractivity contribution is -0.639. The van der Waals surface area contributed by atoms with Gasteiger partial charge in [0.2, 0.25) is 12.4 Å². The van der Waals surface area contributed by atoms with Crippen molar-refractivity contribution in [3.05, 3.63) is 24.5 Å². The van der Waals surface area contributed by atoms with Crippen LogP contribution in [0, 0.1) is 0 Å². The Hall–Kier alpha value is -1.25. The first-order chi connectivity index (χ1) is 4.83. The molecule has 1 aromatic rings. The van der Waals surface area contributed by atoms with Crippen LogP contribution in [0.2, 0.25) is 0 Å². The van der Waals surface area contributed by atoms with Crippen molar-refractivity contribution in [3.8, 4) is 5.75 Å². The van der Waals surface area contributed by atoms with Gasteiger partial charge >= 0.3 is 0 Å². The summed E-state index contributed by atoms with van der Waals surface area (Å²) in [5.74, 6) is 6.24. The minimum atomic E-state index is 0.689. The number of pyridine rings is 1. The molecule has 0 aromatic carbocycles. The predicted molar refractivity (Wildman–Crippen MR) is 38.0 cm³/mol. The first-order valence-electron chi connectivity index (χ1n) is 3.22. The molecule has 0 aliphatic carbocycles. The summed E-state index contributed by atoms with van der Waals surface area (Å²) in [6.07, 6.45) is 3.48. The van der Waals surface area contributed by atoms with E-state index < -0.39 is 0 Å². The number of rotatable bonds is 2. The Morgan fingerprint density at radius 3 is 2.60 bits per heavy atom. The van der Waals surface area contributed by atoms with Crippen molar-refractivity contribution in [3.63, 3.8) is 0 Å². The van der Waals surface area contributed by atoms with Crippen molar-refractivity contribution in [2.24, 2.45) is 0 Å². The maximum Gasteiger partial charge on any atom is 0.202 e. The highest BCUT2D eigenvalue weighted by Crippen LogP contribution is 2.04. The Morgan fingerprint density at radius 2 is 2.10 bits per heavy atom. The van der Waals surface area contributed by atoms with Crippen molar-refractivity contribution >= 4 is 0 Å². The van der Waals surface area contributed by atoms with Gasteiger partial charge in [-0.3, -0.25) is 0 Å². The molecule has 0 spiro atoms. The second-order valence-corrected chi connectivity index (χ2v) is 1.91. The molecule has 2 N–H and O–H groups in total. The fourth-order valence-corrected chi connectivity index (χ4v) is 0.687. The molecular formula is C7H11N2O+. The largest absolute Gasteiger partial charge is 0.493 e. The molecule has 0 aliphatic heterocycles. The van der Waals surface area contributed by atoms with Gasteiger partial charge in [0.05, 0.1) is 6.61 Å². The molecule has 0 amide bonds. The lowest BCUT2D eigenvalue weighted by atomic mass is 10.4. The van der Waals surface area contributed by atoms with Crippen LogP contribution in [0.5, 0.6) is 5.75 Å². The van der Waals surface area contributed by atoms with Gasteiger partial charge in [-0.2, -0.15) is 0 Å². The van der Waals surface area contributed by atoms with Crippen molar-refractivity contribution in [2.75, 3.05) is 12.4 Å². The third-order valence-electron chi connectivity index (χ3n) is 1.13. The molecule has 1 aromatic heterocycles. The van der Waals surface area contributed by atoms with E-state index in [4.69, 9.17) is 10.6 Å². The second-order valence-electron chi connectivity index (χ2n) is 1.91. The topological polar surface area (TPSA) is 39.1 Å². The Bertz CT molecular complexity index is 195. The zero-order valence-corrected chi connectivity index (χ0v) is 5.95. The maximum absolute atomic E-state index is 5.38. The van der Waals surface area contributed by atoms with E-state index >= 15 is 0 Å². The monoisotopic (exact) mass is 139 g/mol. The van der Waals surface area contributed by atoms with Gasteiger partial charge < -0.3 is 4.74 Å². The highest BCUT2D eigenvalue weighted by atomic mass is 16.5. The van der Waals surface area contributed by atoms with Crippen LogP contribution in [0.4, 0.5) is 0 Å². The number of nitrogen functional groups attached to an aromatic ring is 1. The summed E-state index contributed by atoms with van der Waals surface area (Å²) < 4.78 is 6.67. The summed E-state index contributed by atoms with van der Waals surface area (Å²) in [6, 6.07) is 3.65. The highest BCUT2D eigenvalue weighted by molar-refractivity contribution is 5.14. The highest BCUT2D eigenvalue weighted by Gasteiger charge is 1.93. The number of nitrogens with zero attached hydrogens (tertiary/aromatic N) is 1. The Kier molecular flexibility index (Phi) is 2.10. The molecule has 3 nitrogen and oxygen atoms in total. The minimum Gasteiger partial charge on any atom is -0.493 e. The van der Waals surface area contributed by atoms with Crippen LogP contribution in [0.1, 0.15) is 6.92 Å². The van der Waals surface area contributed by atoms with Gasteiger partial charge in [0.25, 0.3) is 0 Å². The summed E-state index contributed by atoms with van der Waals surface area (Å²) in [4.78, 5) is 0. The quantitative estimate of drug-likeness (QED) is 0.465. The van der Waals surface area contributed by atoms with E-state index in [2.05, 4.69) is 0 Å².